The summed E-state index contributed by atoms with van der Waals surface area (Å²) in [6, 6.07) is 0. The van der Waals surface area contributed by atoms with Gasteiger partial charge in [0.2, 0.25) is 0 Å². The molecule has 4 rings (SSSR count). The summed E-state index contributed by atoms with van der Waals surface area (Å²) in [7, 11) is 4.70. The molecule has 0 aromatic heterocycles. The Kier molecular flexibility index (Phi) is 7.48. The Hall–Kier alpha value is -1.16. The molecule has 4 aliphatic rings. The molecule has 4 heteroatoms. The predicted molar refractivity (Wildman–Crippen MR) is 119 cm³/mol. The van der Waals surface area contributed by atoms with Crippen molar-refractivity contribution in [2.45, 2.75) is 84.5 Å². The SMILES string of the molecule is COC.COC(=O)CCCC1CCC2C3CCC4CCCCC4(C)C3=CC(=O)C12C. The van der Waals surface area contributed by atoms with Crippen molar-refractivity contribution in [1.82, 2.24) is 0 Å². The first-order chi connectivity index (χ1) is 14.3. The minimum absolute atomic E-state index is 0.129. The molecule has 0 bridgehead atoms. The van der Waals surface area contributed by atoms with E-state index < -0.39 is 0 Å². The molecule has 3 saturated carbocycles. The standard InChI is InChI=1S/C24H36O3.C2H6O/c1-23-14-5-4-7-16(23)10-12-18-19-13-11-17(8-6-9-22(26)27-3)24(19,2)21(25)15-20(18)23;1-3-2/h15-19H,4-14H2,1-3H3;1-2H3. The van der Waals surface area contributed by atoms with Gasteiger partial charge in [-0.25, -0.2) is 0 Å². The third-order valence-electron chi connectivity index (χ3n) is 9.19. The van der Waals surface area contributed by atoms with Gasteiger partial charge >= 0.3 is 5.97 Å². The normalized spacial score (nSPS) is 39.6. The second kappa shape index (κ2) is 9.54. The van der Waals surface area contributed by atoms with Crippen LogP contribution < -0.4 is 0 Å². The number of hydrogen-bond acceptors (Lipinski definition) is 4. The first-order valence-corrected chi connectivity index (χ1v) is 12.1. The van der Waals surface area contributed by atoms with E-state index in [4.69, 9.17) is 4.74 Å². The van der Waals surface area contributed by atoms with Gasteiger partial charge in [-0.1, -0.05) is 32.3 Å². The van der Waals surface area contributed by atoms with Gasteiger partial charge in [-0.15, -0.1) is 0 Å². The lowest BCUT2D eigenvalue weighted by Crippen LogP contribution is -2.50. The van der Waals surface area contributed by atoms with Gasteiger partial charge in [0.25, 0.3) is 0 Å². The third-order valence-corrected chi connectivity index (χ3v) is 9.19. The second-order valence-electron chi connectivity index (χ2n) is 10.5. The van der Waals surface area contributed by atoms with Crippen LogP contribution in [0.25, 0.3) is 0 Å². The van der Waals surface area contributed by atoms with Crippen LogP contribution in [0.2, 0.25) is 0 Å². The molecule has 0 amide bonds. The monoisotopic (exact) mass is 418 g/mol. The quantitative estimate of drug-likeness (QED) is 0.546. The molecule has 4 nitrogen and oxygen atoms in total. The smallest absolute Gasteiger partial charge is 0.305 e. The fourth-order valence-corrected chi connectivity index (χ4v) is 7.52. The Balaban J connectivity index is 0.000000806. The Labute approximate surface area is 183 Å². The van der Waals surface area contributed by atoms with E-state index in [1.165, 1.54) is 57.6 Å². The van der Waals surface area contributed by atoms with Crippen molar-refractivity contribution >= 4 is 11.8 Å². The van der Waals surface area contributed by atoms with Gasteiger partial charge in [-0.05, 0) is 86.5 Å². The first-order valence-electron chi connectivity index (χ1n) is 12.1. The van der Waals surface area contributed by atoms with Crippen LogP contribution in [0.15, 0.2) is 11.6 Å². The van der Waals surface area contributed by atoms with E-state index in [1.807, 2.05) is 0 Å². The summed E-state index contributed by atoms with van der Waals surface area (Å²) in [5.74, 6) is 2.63. The number of carbonyl (C=O) groups excluding carboxylic acids is 2. The molecule has 0 heterocycles. The molecule has 6 atom stereocenters. The molecule has 0 aromatic carbocycles. The van der Waals surface area contributed by atoms with Crippen molar-refractivity contribution in [2.75, 3.05) is 21.3 Å². The molecule has 0 aliphatic heterocycles. The lowest BCUT2D eigenvalue weighted by Gasteiger charge is -2.55. The summed E-state index contributed by atoms with van der Waals surface area (Å²) in [5, 5.41) is 0. The van der Waals surface area contributed by atoms with Crippen LogP contribution in [0.4, 0.5) is 0 Å². The summed E-state index contributed by atoms with van der Waals surface area (Å²) in [5.41, 5.74) is 1.60. The Morgan fingerprint density at radius 1 is 1.07 bits per heavy atom. The minimum Gasteiger partial charge on any atom is -0.469 e. The number of fused-ring (bicyclic) bond motifs is 5. The zero-order valence-electron chi connectivity index (χ0n) is 19.8. The van der Waals surface area contributed by atoms with Gasteiger partial charge in [0.15, 0.2) is 5.78 Å². The van der Waals surface area contributed by atoms with E-state index in [9.17, 15) is 9.59 Å². The van der Waals surface area contributed by atoms with Crippen LogP contribution in [0.5, 0.6) is 0 Å². The van der Waals surface area contributed by atoms with Crippen molar-refractivity contribution in [3.05, 3.63) is 11.6 Å². The average Bonchev–Trinajstić information content (AvgIpc) is 3.07. The van der Waals surface area contributed by atoms with Crippen LogP contribution in [0, 0.1) is 34.5 Å². The van der Waals surface area contributed by atoms with Gasteiger partial charge < -0.3 is 9.47 Å². The highest BCUT2D eigenvalue weighted by atomic mass is 16.5. The molecule has 3 fully saturated rings. The summed E-state index contributed by atoms with van der Waals surface area (Å²) >= 11 is 0. The van der Waals surface area contributed by atoms with Crippen molar-refractivity contribution in [1.29, 1.82) is 0 Å². The van der Waals surface area contributed by atoms with E-state index in [2.05, 4.69) is 24.7 Å². The molecular weight excluding hydrogens is 376 g/mol. The van der Waals surface area contributed by atoms with Gasteiger partial charge in [0.1, 0.15) is 0 Å². The van der Waals surface area contributed by atoms with Crippen LogP contribution in [0.3, 0.4) is 0 Å². The molecule has 6 unspecified atom stereocenters. The van der Waals surface area contributed by atoms with E-state index in [0.29, 0.717) is 30.0 Å². The lowest BCUT2D eigenvalue weighted by molar-refractivity contribution is -0.140. The lowest BCUT2D eigenvalue weighted by atomic mass is 9.48. The number of allylic oxidation sites excluding steroid dienone is 2. The number of ether oxygens (including phenoxy) is 2. The number of rotatable bonds is 4. The van der Waals surface area contributed by atoms with Gasteiger partial charge in [-0.2, -0.15) is 0 Å². The number of ketones is 1. The van der Waals surface area contributed by atoms with Crippen LogP contribution in [0.1, 0.15) is 84.5 Å². The largest absolute Gasteiger partial charge is 0.469 e. The Morgan fingerprint density at radius 3 is 2.50 bits per heavy atom. The predicted octanol–water partition coefficient (Wildman–Crippen LogP) is 5.74. The van der Waals surface area contributed by atoms with E-state index in [1.54, 1.807) is 14.2 Å². The summed E-state index contributed by atoms with van der Waals surface area (Å²) in [6.45, 7) is 4.71. The summed E-state index contributed by atoms with van der Waals surface area (Å²) in [4.78, 5) is 24.9. The second-order valence-corrected chi connectivity index (χ2v) is 10.5. The van der Waals surface area contributed by atoms with Crippen molar-refractivity contribution in [3.8, 4) is 0 Å². The van der Waals surface area contributed by atoms with Crippen molar-refractivity contribution in [2.24, 2.45) is 34.5 Å². The molecule has 0 spiro atoms. The summed E-state index contributed by atoms with van der Waals surface area (Å²) in [6.07, 6.45) is 14.7. The van der Waals surface area contributed by atoms with Gasteiger partial charge in [0, 0.05) is 26.1 Å². The molecular formula is C26H42O4. The number of methoxy groups -OCH3 is 2. The number of hydrogen-bond donors (Lipinski definition) is 0. The molecule has 4 aliphatic carbocycles. The number of esters is 1. The van der Waals surface area contributed by atoms with Crippen molar-refractivity contribution in [3.63, 3.8) is 0 Å². The molecule has 0 saturated heterocycles. The minimum atomic E-state index is -0.206. The molecule has 0 aromatic rings. The van der Waals surface area contributed by atoms with Crippen LogP contribution in [-0.2, 0) is 19.1 Å². The first kappa shape index (κ1) is 23.5. The van der Waals surface area contributed by atoms with E-state index in [0.717, 1.165) is 25.2 Å². The molecule has 170 valence electrons. The fraction of sp³-hybridized carbons (Fsp3) is 0.846. The Morgan fingerprint density at radius 2 is 1.80 bits per heavy atom. The zero-order valence-corrected chi connectivity index (χ0v) is 19.8. The topological polar surface area (TPSA) is 52.6 Å². The third kappa shape index (κ3) is 4.01. The zero-order chi connectivity index (χ0) is 21.9. The summed E-state index contributed by atoms with van der Waals surface area (Å²) < 4.78 is 9.03. The van der Waals surface area contributed by atoms with E-state index in [-0.39, 0.29) is 16.8 Å². The maximum Gasteiger partial charge on any atom is 0.305 e. The molecule has 0 N–H and O–H groups in total. The number of carbonyl (C=O) groups is 2. The van der Waals surface area contributed by atoms with Crippen LogP contribution >= 0.6 is 0 Å². The highest BCUT2D eigenvalue weighted by Gasteiger charge is 2.59. The highest BCUT2D eigenvalue weighted by molar-refractivity contribution is 5.97. The highest BCUT2D eigenvalue weighted by Crippen LogP contribution is 2.64. The molecule has 30 heavy (non-hydrogen) atoms. The van der Waals surface area contributed by atoms with Crippen LogP contribution in [-0.4, -0.2) is 33.1 Å². The average molecular weight is 419 g/mol. The van der Waals surface area contributed by atoms with E-state index >= 15 is 0 Å². The maximum absolute atomic E-state index is 13.5. The fourth-order valence-electron chi connectivity index (χ4n) is 7.52. The maximum atomic E-state index is 13.5. The molecule has 0 radical (unpaired) electrons. The Bertz CT molecular complexity index is 668. The van der Waals surface area contributed by atoms with Gasteiger partial charge in [0.05, 0.1) is 7.11 Å². The van der Waals surface area contributed by atoms with Gasteiger partial charge in [-0.3, -0.25) is 9.59 Å². The van der Waals surface area contributed by atoms with Crippen molar-refractivity contribution < 1.29 is 19.1 Å².